The molecule has 2 heterocycles. The molecule has 1 N–H and O–H groups in total. The number of pyridine rings is 1. The fourth-order valence-corrected chi connectivity index (χ4v) is 2.34. The summed E-state index contributed by atoms with van der Waals surface area (Å²) in [7, 11) is 1.39. The van der Waals surface area contributed by atoms with Gasteiger partial charge in [0.15, 0.2) is 11.5 Å². The number of benzene rings is 1. The molecule has 0 fully saturated rings. The van der Waals surface area contributed by atoms with E-state index in [1.807, 2.05) is 6.92 Å². The molecule has 1 aromatic carbocycles. The number of carboxylic acid groups (broad SMARTS) is 1. The smallest absolute Gasteiger partial charge is 0.358 e. The second kappa shape index (κ2) is 6.59. The number of carboxylic acids is 1. The van der Waals surface area contributed by atoms with E-state index in [-0.39, 0.29) is 28.6 Å². The van der Waals surface area contributed by atoms with E-state index >= 15 is 0 Å². The zero-order valence-corrected chi connectivity index (χ0v) is 13.8. The molecule has 0 aliphatic heterocycles. The number of hydrogen-bond donors (Lipinski definition) is 1. The minimum atomic E-state index is -1.26. The minimum Gasteiger partial charge on any atom is -0.494 e. The van der Waals surface area contributed by atoms with Crippen molar-refractivity contribution >= 4 is 28.8 Å². The first-order valence-corrected chi connectivity index (χ1v) is 7.37. The summed E-state index contributed by atoms with van der Waals surface area (Å²) in [6.07, 6.45) is 1.63. The molecule has 0 bridgehead atoms. The molecule has 3 rings (SSSR count). The fourth-order valence-electron chi connectivity index (χ4n) is 2.34. The largest absolute Gasteiger partial charge is 0.494 e. The topological polar surface area (TPSA) is 132 Å². The molecule has 0 aliphatic carbocycles. The Morgan fingerprint density at radius 1 is 1.31 bits per heavy atom. The van der Waals surface area contributed by atoms with Crippen LogP contribution in [0.15, 0.2) is 46.8 Å². The lowest BCUT2D eigenvalue weighted by molar-refractivity contribution is -0.384. The number of fused-ring (bicyclic) bond motifs is 1. The lowest BCUT2D eigenvalue weighted by atomic mass is 10.2. The highest BCUT2D eigenvalue weighted by Crippen LogP contribution is 2.33. The quantitative estimate of drug-likeness (QED) is 0.422. The van der Waals surface area contributed by atoms with E-state index in [9.17, 15) is 20.0 Å². The van der Waals surface area contributed by atoms with E-state index in [2.05, 4.69) is 15.2 Å². The average Bonchev–Trinajstić information content (AvgIpc) is 2.97. The van der Waals surface area contributed by atoms with Gasteiger partial charge in [-0.1, -0.05) is 0 Å². The van der Waals surface area contributed by atoms with Crippen LogP contribution in [-0.4, -0.2) is 32.5 Å². The van der Waals surface area contributed by atoms with Gasteiger partial charge in [-0.3, -0.25) is 14.5 Å². The van der Waals surface area contributed by atoms with Crippen molar-refractivity contribution in [3.8, 4) is 5.75 Å². The Morgan fingerprint density at radius 3 is 2.73 bits per heavy atom. The van der Waals surface area contributed by atoms with Gasteiger partial charge in [-0.25, -0.2) is 9.78 Å². The monoisotopic (exact) mass is 355 g/mol. The number of azo groups is 1. The van der Waals surface area contributed by atoms with E-state index in [0.717, 1.165) is 5.56 Å². The standard InChI is InChI=1S/C16H13N5O5/c1-9-5-6-20-13(7-9)17-14(16(22)23)15(20)19-18-11-8-10(21(24)25)3-4-12(11)26-2/h3-8H,1-2H3,(H,22,23). The number of nitro benzene ring substituents is 1. The van der Waals surface area contributed by atoms with Crippen molar-refractivity contribution in [2.45, 2.75) is 6.92 Å². The molecule has 0 radical (unpaired) electrons. The van der Waals surface area contributed by atoms with E-state index in [0.29, 0.717) is 5.65 Å². The van der Waals surface area contributed by atoms with Crippen molar-refractivity contribution in [2.75, 3.05) is 7.11 Å². The Hall–Kier alpha value is -3.82. The lowest BCUT2D eigenvalue weighted by Crippen LogP contribution is -1.96. The third-order valence-electron chi connectivity index (χ3n) is 3.58. The Labute approximate surface area is 146 Å². The van der Waals surface area contributed by atoms with Gasteiger partial charge in [-0.05, 0) is 30.7 Å². The average molecular weight is 355 g/mol. The number of methoxy groups -OCH3 is 1. The van der Waals surface area contributed by atoms with Gasteiger partial charge < -0.3 is 9.84 Å². The van der Waals surface area contributed by atoms with Crippen LogP contribution in [-0.2, 0) is 0 Å². The highest BCUT2D eigenvalue weighted by molar-refractivity contribution is 5.91. The molecule has 3 aromatic rings. The van der Waals surface area contributed by atoms with Gasteiger partial charge in [0, 0.05) is 18.3 Å². The number of nitrogens with zero attached hydrogens (tertiary/aromatic N) is 5. The van der Waals surface area contributed by atoms with Crippen LogP contribution in [0, 0.1) is 17.0 Å². The summed E-state index contributed by atoms with van der Waals surface area (Å²) in [5.74, 6) is -0.992. The van der Waals surface area contributed by atoms with Gasteiger partial charge in [-0.15, -0.1) is 10.2 Å². The molecular formula is C16H13N5O5. The maximum atomic E-state index is 11.5. The first kappa shape index (κ1) is 17.0. The van der Waals surface area contributed by atoms with Gasteiger partial charge in [0.2, 0.25) is 0 Å². The normalized spacial score (nSPS) is 11.2. The summed E-state index contributed by atoms with van der Waals surface area (Å²) in [5, 5.41) is 28.2. The number of non-ortho nitro benzene ring substituents is 1. The number of nitro groups is 1. The maximum Gasteiger partial charge on any atom is 0.358 e. The molecule has 0 atom stereocenters. The van der Waals surface area contributed by atoms with Crippen molar-refractivity contribution in [2.24, 2.45) is 10.2 Å². The van der Waals surface area contributed by atoms with Crippen LogP contribution in [0.4, 0.5) is 17.2 Å². The second-order valence-corrected chi connectivity index (χ2v) is 5.33. The second-order valence-electron chi connectivity index (χ2n) is 5.33. The Balaban J connectivity index is 2.14. The predicted molar refractivity (Wildman–Crippen MR) is 90.7 cm³/mol. The third kappa shape index (κ3) is 3.07. The van der Waals surface area contributed by atoms with Crippen LogP contribution in [0.3, 0.4) is 0 Å². The van der Waals surface area contributed by atoms with E-state index < -0.39 is 10.9 Å². The first-order valence-electron chi connectivity index (χ1n) is 7.37. The molecule has 132 valence electrons. The summed E-state index contributed by atoms with van der Waals surface area (Å²) < 4.78 is 6.59. The molecule has 0 amide bonds. The SMILES string of the molecule is COc1ccc([N+](=O)[O-])cc1N=Nc1c(C(=O)O)nc2cc(C)ccn12. The molecule has 10 heteroatoms. The molecule has 26 heavy (non-hydrogen) atoms. The van der Waals surface area contributed by atoms with Crippen LogP contribution in [0.25, 0.3) is 5.65 Å². The summed E-state index contributed by atoms with van der Waals surface area (Å²) in [6.45, 7) is 1.85. The number of hydrogen-bond acceptors (Lipinski definition) is 7. The Morgan fingerprint density at radius 2 is 2.08 bits per heavy atom. The molecule has 0 saturated heterocycles. The van der Waals surface area contributed by atoms with Crippen LogP contribution < -0.4 is 4.74 Å². The molecular weight excluding hydrogens is 342 g/mol. The minimum absolute atomic E-state index is 0.000981. The number of imidazole rings is 1. The fraction of sp³-hybridized carbons (Fsp3) is 0.125. The van der Waals surface area contributed by atoms with Gasteiger partial charge in [0.05, 0.1) is 12.0 Å². The van der Waals surface area contributed by atoms with Crippen LogP contribution in [0.2, 0.25) is 0 Å². The molecule has 10 nitrogen and oxygen atoms in total. The van der Waals surface area contributed by atoms with Crippen molar-refractivity contribution < 1.29 is 19.6 Å². The Kier molecular flexibility index (Phi) is 4.31. The number of rotatable bonds is 5. The van der Waals surface area contributed by atoms with Gasteiger partial charge in [0.1, 0.15) is 17.1 Å². The zero-order valence-electron chi connectivity index (χ0n) is 13.8. The molecule has 0 unspecified atom stereocenters. The first-order chi connectivity index (χ1) is 12.4. The highest BCUT2D eigenvalue weighted by atomic mass is 16.6. The van der Waals surface area contributed by atoms with E-state index in [1.165, 1.54) is 29.7 Å². The number of aromatic nitrogens is 2. The summed E-state index contributed by atoms with van der Waals surface area (Å²) >= 11 is 0. The summed E-state index contributed by atoms with van der Waals surface area (Å²) in [4.78, 5) is 25.9. The molecule has 0 saturated carbocycles. The van der Waals surface area contributed by atoms with Gasteiger partial charge in [0.25, 0.3) is 5.69 Å². The van der Waals surface area contributed by atoms with Gasteiger partial charge >= 0.3 is 5.97 Å². The number of aryl methyl sites for hydroxylation is 1. The third-order valence-corrected chi connectivity index (χ3v) is 3.58. The van der Waals surface area contributed by atoms with Crippen LogP contribution in [0.1, 0.15) is 16.1 Å². The predicted octanol–water partition coefficient (Wildman–Crippen LogP) is 3.67. The number of aromatic carboxylic acids is 1. The van der Waals surface area contributed by atoms with E-state index in [4.69, 9.17) is 4.74 Å². The summed E-state index contributed by atoms with van der Waals surface area (Å²) in [6, 6.07) is 7.34. The number of carbonyl (C=O) groups is 1. The van der Waals surface area contributed by atoms with Crippen LogP contribution in [0.5, 0.6) is 5.75 Å². The molecule has 0 aliphatic rings. The Bertz CT molecular complexity index is 1060. The molecule has 2 aromatic heterocycles. The van der Waals surface area contributed by atoms with Crippen molar-refractivity contribution in [3.05, 3.63) is 57.9 Å². The molecule has 0 spiro atoms. The maximum absolute atomic E-state index is 11.5. The summed E-state index contributed by atoms with van der Waals surface area (Å²) in [5.41, 5.74) is 0.946. The lowest BCUT2D eigenvalue weighted by Gasteiger charge is -2.03. The zero-order chi connectivity index (χ0) is 18.8. The van der Waals surface area contributed by atoms with E-state index in [1.54, 1.807) is 18.3 Å². The van der Waals surface area contributed by atoms with Crippen LogP contribution >= 0.6 is 0 Å². The van der Waals surface area contributed by atoms with Crippen molar-refractivity contribution in [1.29, 1.82) is 0 Å². The number of ether oxygens (including phenoxy) is 1. The highest BCUT2D eigenvalue weighted by Gasteiger charge is 2.19. The van der Waals surface area contributed by atoms with Crippen molar-refractivity contribution in [3.63, 3.8) is 0 Å². The van der Waals surface area contributed by atoms with Crippen molar-refractivity contribution in [1.82, 2.24) is 9.38 Å². The van der Waals surface area contributed by atoms with Gasteiger partial charge in [-0.2, -0.15) is 0 Å².